The first-order chi connectivity index (χ1) is 35.6. The molecule has 0 N–H and O–H groups in total. The van der Waals surface area contributed by atoms with Gasteiger partial charge in [0.15, 0.2) is 0 Å². The molecular weight excluding hydrogens is 1060 g/mol. The van der Waals surface area contributed by atoms with Crippen LogP contribution in [0.3, 0.4) is 0 Å². The topological polar surface area (TPSA) is 66.3 Å². The van der Waals surface area contributed by atoms with Gasteiger partial charge in [-0.3, -0.25) is 0 Å². The van der Waals surface area contributed by atoms with E-state index in [1.807, 2.05) is 60.7 Å². The zero-order valence-electron chi connectivity index (χ0n) is 42.2. The van der Waals surface area contributed by atoms with Gasteiger partial charge in [-0.2, -0.15) is 61.8 Å². The van der Waals surface area contributed by atoms with Crippen LogP contribution in [0.15, 0.2) is 218 Å². The van der Waals surface area contributed by atoms with Crippen LogP contribution in [0.2, 0.25) is 0 Å². The molecule has 372 valence electrons. The van der Waals surface area contributed by atoms with Gasteiger partial charge in [-0.15, -0.1) is 49.4 Å². The van der Waals surface area contributed by atoms with Gasteiger partial charge in [-0.25, -0.2) is 0 Å². The standard InChI is InChI=1S/2C26H27N3.2C7H7.Hf/c2*1-3-11-20(12-4-1)19-27-26(28-21-13-5-2-6-14-21)29-24-17-9-7-15-22(24)23-16-8-10-18-25(23)29;2*1-7-5-3-2-4-6-7;/h2*1,3-4,7-12,15-18,21,26H,2,5-6,13-14,19H2;2*2-6H,1H2;/q2*-2;2*-1;. The van der Waals surface area contributed by atoms with Crippen molar-refractivity contribution in [1.82, 2.24) is 9.13 Å². The van der Waals surface area contributed by atoms with Gasteiger partial charge in [-0.05, 0) is 24.3 Å². The van der Waals surface area contributed by atoms with E-state index >= 15 is 0 Å². The van der Waals surface area contributed by atoms with Crippen LogP contribution >= 0.6 is 0 Å². The minimum absolute atomic E-state index is 0. The summed E-state index contributed by atoms with van der Waals surface area (Å²) in [5.74, 6) is 0. The summed E-state index contributed by atoms with van der Waals surface area (Å²) < 4.78 is 4.70. The maximum Gasteiger partial charge on any atom is 0.0461 e. The van der Waals surface area contributed by atoms with Crippen LogP contribution in [0.1, 0.15) is 99.0 Å². The third kappa shape index (κ3) is 14.5. The Morgan fingerprint density at radius 1 is 0.342 bits per heavy atom. The predicted octanol–water partition coefficient (Wildman–Crippen LogP) is 18.8. The van der Waals surface area contributed by atoms with Crippen molar-refractivity contribution in [3.8, 4) is 0 Å². The van der Waals surface area contributed by atoms with Crippen molar-refractivity contribution >= 4 is 43.6 Å². The number of nitrogens with zero attached hydrogens (tertiary/aromatic N) is 6. The minimum Gasteiger partial charge on any atom is -0.658 e. The normalized spacial score (nSPS) is 14.7. The second-order valence-corrected chi connectivity index (χ2v) is 19.0. The average Bonchev–Trinajstić information content (AvgIpc) is 3.96. The first-order valence-corrected chi connectivity index (χ1v) is 26.1. The van der Waals surface area contributed by atoms with E-state index in [9.17, 15) is 0 Å². The van der Waals surface area contributed by atoms with Crippen LogP contribution in [0.4, 0.5) is 0 Å². The third-order valence-corrected chi connectivity index (χ3v) is 13.8. The number of hydrogen-bond acceptors (Lipinski definition) is 0. The SMILES string of the molecule is [CH2-]c1ccccc1.[CH2-]c1ccccc1.[Hf].c1ccc(C[N-]C([N-]C2CCCCC2)n2c3ccccc3c3ccccc32)cc1.c1ccc(C[N-]C([N-]C2CCCCC2)n2c3ccccc3c3ccccc32)cc1. The van der Waals surface area contributed by atoms with Gasteiger partial charge in [0.1, 0.15) is 0 Å². The molecule has 0 radical (unpaired) electrons. The van der Waals surface area contributed by atoms with Crippen LogP contribution in [0.25, 0.3) is 64.9 Å². The molecule has 8 aromatic carbocycles. The van der Waals surface area contributed by atoms with Crippen molar-refractivity contribution in [2.24, 2.45) is 0 Å². The van der Waals surface area contributed by atoms with Crippen LogP contribution in [0.5, 0.6) is 0 Å². The molecule has 2 fully saturated rings. The molecule has 12 rings (SSSR count). The molecule has 2 aromatic heterocycles. The van der Waals surface area contributed by atoms with E-state index < -0.39 is 0 Å². The van der Waals surface area contributed by atoms with E-state index in [1.165, 1.54) is 119 Å². The molecule has 2 saturated carbocycles. The molecule has 2 atom stereocenters. The molecule has 2 heterocycles. The van der Waals surface area contributed by atoms with Gasteiger partial charge >= 0.3 is 0 Å². The Morgan fingerprint density at radius 2 is 0.603 bits per heavy atom. The summed E-state index contributed by atoms with van der Waals surface area (Å²) in [6.45, 7) is 8.81. The van der Waals surface area contributed by atoms with Gasteiger partial charge in [0.05, 0.1) is 0 Å². The third-order valence-electron chi connectivity index (χ3n) is 13.8. The second kappa shape index (κ2) is 27.7. The molecule has 0 aliphatic heterocycles. The molecule has 6 nitrogen and oxygen atoms in total. The molecule has 0 spiro atoms. The summed E-state index contributed by atoms with van der Waals surface area (Å²) in [6.07, 6.45) is 12.2. The quantitative estimate of drug-likeness (QED) is 0.0864. The fourth-order valence-corrected chi connectivity index (χ4v) is 10.1. The van der Waals surface area contributed by atoms with E-state index in [2.05, 4.69) is 181 Å². The molecule has 7 heteroatoms. The number of rotatable bonds is 12. The Hall–Kier alpha value is -6.19. The van der Waals surface area contributed by atoms with Gasteiger partial charge in [0.2, 0.25) is 0 Å². The largest absolute Gasteiger partial charge is 0.658 e. The maximum atomic E-state index is 5.29. The average molecular weight is 1120 g/mol. The fraction of sp³-hybridized carbons (Fsp3) is 0.242. The molecule has 2 aliphatic rings. The Morgan fingerprint density at radius 3 is 0.877 bits per heavy atom. The van der Waals surface area contributed by atoms with Crippen molar-refractivity contribution in [1.29, 1.82) is 0 Å². The molecule has 0 bridgehead atoms. The molecular formula is C66H68HfN6-6. The Bertz CT molecular complexity index is 2820. The molecule has 2 unspecified atom stereocenters. The number of para-hydroxylation sites is 4. The van der Waals surface area contributed by atoms with E-state index in [-0.39, 0.29) is 38.4 Å². The first kappa shape index (κ1) is 53.1. The van der Waals surface area contributed by atoms with Crippen molar-refractivity contribution in [3.05, 3.63) is 276 Å². The Kier molecular flexibility index (Phi) is 20.2. The molecule has 0 amide bonds. The summed E-state index contributed by atoms with van der Waals surface area (Å²) in [7, 11) is 0. The minimum atomic E-state index is -0.192. The predicted molar refractivity (Wildman–Crippen MR) is 306 cm³/mol. The van der Waals surface area contributed by atoms with Crippen molar-refractivity contribution in [2.45, 2.75) is 102 Å². The van der Waals surface area contributed by atoms with Crippen LogP contribution in [0, 0.1) is 13.8 Å². The van der Waals surface area contributed by atoms with Crippen molar-refractivity contribution in [2.75, 3.05) is 0 Å². The van der Waals surface area contributed by atoms with Gasteiger partial charge in [0.25, 0.3) is 0 Å². The molecule has 2 aliphatic carbocycles. The van der Waals surface area contributed by atoms with Gasteiger partial charge in [-0.1, -0.05) is 221 Å². The first-order valence-electron chi connectivity index (χ1n) is 26.1. The maximum absolute atomic E-state index is 5.29. The van der Waals surface area contributed by atoms with Crippen LogP contribution < -0.4 is 0 Å². The molecule has 73 heavy (non-hydrogen) atoms. The van der Waals surface area contributed by atoms with Crippen molar-refractivity contribution in [3.63, 3.8) is 0 Å². The summed E-state index contributed by atoms with van der Waals surface area (Å²) in [4.78, 5) is 0. The van der Waals surface area contributed by atoms with Crippen LogP contribution in [-0.4, -0.2) is 21.2 Å². The number of benzene rings is 8. The zero-order chi connectivity index (χ0) is 49.2. The molecule has 10 aromatic rings. The summed E-state index contributed by atoms with van der Waals surface area (Å²) in [6, 6.07) is 76.2. The summed E-state index contributed by atoms with van der Waals surface area (Å²) in [5.41, 5.74) is 9.48. The second-order valence-electron chi connectivity index (χ2n) is 19.0. The van der Waals surface area contributed by atoms with Gasteiger partial charge < -0.3 is 30.4 Å². The van der Waals surface area contributed by atoms with Gasteiger partial charge in [0, 0.05) is 69.5 Å². The van der Waals surface area contributed by atoms with E-state index in [4.69, 9.17) is 21.3 Å². The Balaban J connectivity index is 0.000000152. The smallest absolute Gasteiger partial charge is 0.0461 e. The monoisotopic (exact) mass is 1120 g/mol. The van der Waals surface area contributed by atoms with E-state index in [1.54, 1.807) is 0 Å². The zero-order valence-corrected chi connectivity index (χ0v) is 45.8. The number of hydrogen-bond donors (Lipinski definition) is 0. The summed E-state index contributed by atoms with van der Waals surface area (Å²) in [5, 5.41) is 26.0. The number of fused-ring (bicyclic) bond motifs is 6. The Labute approximate surface area is 453 Å². The van der Waals surface area contributed by atoms with E-state index in [0.29, 0.717) is 25.2 Å². The van der Waals surface area contributed by atoms with Crippen molar-refractivity contribution < 1.29 is 25.8 Å². The van der Waals surface area contributed by atoms with Crippen LogP contribution in [-0.2, 0) is 38.9 Å². The van der Waals surface area contributed by atoms with E-state index in [0.717, 1.165) is 11.1 Å². The molecule has 0 saturated heterocycles. The summed E-state index contributed by atoms with van der Waals surface area (Å²) >= 11 is 0. The number of aromatic nitrogens is 2. The fourth-order valence-electron chi connectivity index (χ4n) is 10.1.